The predicted octanol–water partition coefficient (Wildman–Crippen LogP) is 2.88. The third-order valence-corrected chi connectivity index (χ3v) is 3.50. The number of carbonyl (C=O) groups excluding carboxylic acids is 1. The van der Waals surface area contributed by atoms with Gasteiger partial charge in [-0.15, -0.1) is 0 Å². The summed E-state index contributed by atoms with van der Waals surface area (Å²) in [5, 5.41) is 3.04. The fourth-order valence-corrected chi connectivity index (χ4v) is 2.28. The molecule has 21 heavy (non-hydrogen) atoms. The summed E-state index contributed by atoms with van der Waals surface area (Å²) in [5.74, 6) is 0.878. The lowest BCUT2D eigenvalue weighted by atomic mass is 9.94. The number of ether oxygens (including phenoxy) is 1. The van der Waals surface area contributed by atoms with E-state index in [4.69, 9.17) is 10.5 Å². The zero-order valence-corrected chi connectivity index (χ0v) is 13.7. The predicted molar refractivity (Wildman–Crippen MR) is 86.1 cm³/mol. The highest BCUT2D eigenvalue weighted by molar-refractivity contribution is 5.79. The second kappa shape index (κ2) is 8.03. The van der Waals surface area contributed by atoms with E-state index in [0.29, 0.717) is 6.54 Å². The van der Waals surface area contributed by atoms with Crippen LogP contribution in [0.2, 0.25) is 0 Å². The molecular formula is C17H28N2O2. The van der Waals surface area contributed by atoms with E-state index >= 15 is 0 Å². The van der Waals surface area contributed by atoms with Crippen molar-refractivity contribution in [3.63, 3.8) is 0 Å². The molecule has 0 saturated carbocycles. The molecule has 1 rings (SSSR count). The molecule has 3 N–H and O–H groups in total. The van der Waals surface area contributed by atoms with Crippen molar-refractivity contribution in [3.8, 4) is 5.75 Å². The van der Waals surface area contributed by atoms with Crippen LogP contribution in [0.25, 0.3) is 0 Å². The van der Waals surface area contributed by atoms with Crippen LogP contribution in [0, 0.1) is 11.8 Å². The molecule has 0 spiro atoms. The van der Waals surface area contributed by atoms with Gasteiger partial charge in [-0.2, -0.15) is 0 Å². The van der Waals surface area contributed by atoms with Gasteiger partial charge in [-0.3, -0.25) is 4.79 Å². The van der Waals surface area contributed by atoms with Crippen LogP contribution in [0.3, 0.4) is 0 Å². The quantitative estimate of drug-likeness (QED) is 0.812. The number of benzene rings is 1. The number of nitrogens with two attached hydrogens (primary N) is 1. The Labute approximate surface area is 128 Å². The van der Waals surface area contributed by atoms with E-state index in [9.17, 15) is 4.79 Å². The van der Waals surface area contributed by atoms with Crippen LogP contribution in [0.4, 0.5) is 0 Å². The van der Waals surface area contributed by atoms with Crippen LogP contribution in [-0.2, 0) is 4.79 Å². The molecule has 1 aromatic carbocycles. The van der Waals surface area contributed by atoms with Crippen molar-refractivity contribution in [2.24, 2.45) is 17.6 Å². The molecule has 0 aliphatic rings. The van der Waals surface area contributed by atoms with Crippen LogP contribution >= 0.6 is 0 Å². The van der Waals surface area contributed by atoms with Gasteiger partial charge in [0.25, 0.3) is 0 Å². The first-order valence-corrected chi connectivity index (χ1v) is 7.62. The van der Waals surface area contributed by atoms with E-state index in [-0.39, 0.29) is 29.9 Å². The second-order valence-electron chi connectivity index (χ2n) is 6.02. The molecule has 1 amide bonds. The van der Waals surface area contributed by atoms with Gasteiger partial charge < -0.3 is 15.8 Å². The normalized spacial score (nSPS) is 14.1. The van der Waals surface area contributed by atoms with Crippen LogP contribution in [0.5, 0.6) is 5.75 Å². The molecule has 2 atom stereocenters. The van der Waals surface area contributed by atoms with Crippen LogP contribution in [0.15, 0.2) is 24.3 Å². The Balaban J connectivity index is 2.84. The fraction of sp³-hybridized carbons (Fsp3) is 0.588. The lowest BCUT2D eigenvalue weighted by Gasteiger charge is -2.23. The highest BCUT2D eigenvalue weighted by atomic mass is 16.5. The molecule has 0 aromatic heterocycles. The van der Waals surface area contributed by atoms with Gasteiger partial charge in [0.1, 0.15) is 5.75 Å². The average molecular weight is 292 g/mol. The lowest BCUT2D eigenvalue weighted by molar-refractivity contribution is -0.126. The Morgan fingerprint density at radius 3 is 2.33 bits per heavy atom. The van der Waals surface area contributed by atoms with E-state index in [0.717, 1.165) is 11.3 Å². The van der Waals surface area contributed by atoms with Crippen molar-refractivity contribution < 1.29 is 9.53 Å². The Hall–Kier alpha value is -1.55. The van der Waals surface area contributed by atoms with Crippen molar-refractivity contribution >= 4 is 5.91 Å². The van der Waals surface area contributed by atoms with E-state index in [2.05, 4.69) is 5.32 Å². The minimum Gasteiger partial charge on any atom is -0.491 e. The molecular weight excluding hydrogens is 264 g/mol. The maximum absolute atomic E-state index is 12.3. The molecule has 0 bridgehead atoms. The maximum atomic E-state index is 12.3. The molecule has 0 heterocycles. The number of hydrogen-bond donors (Lipinski definition) is 2. The smallest absolute Gasteiger partial charge is 0.225 e. The Kier molecular flexibility index (Phi) is 6.69. The summed E-state index contributed by atoms with van der Waals surface area (Å²) in [6.07, 6.45) is 0.0986. The summed E-state index contributed by atoms with van der Waals surface area (Å²) in [5.41, 5.74) is 6.68. The van der Waals surface area contributed by atoms with E-state index in [1.807, 2.05) is 58.9 Å². The van der Waals surface area contributed by atoms with Gasteiger partial charge in [0.05, 0.1) is 18.1 Å². The second-order valence-corrected chi connectivity index (χ2v) is 6.02. The number of amides is 1. The number of carbonyl (C=O) groups is 1. The largest absolute Gasteiger partial charge is 0.491 e. The topological polar surface area (TPSA) is 64.3 Å². The lowest BCUT2D eigenvalue weighted by Crippen LogP contribution is -2.39. The van der Waals surface area contributed by atoms with E-state index in [1.54, 1.807) is 0 Å². The SMILES string of the molecule is CC(C)Oc1ccccc1C(C)NC(=O)C(CN)C(C)C. The standard InChI is InChI=1S/C17H28N2O2/c1-11(2)15(10-18)17(20)19-13(5)14-8-6-7-9-16(14)21-12(3)4/h6-9,11-13,15H,10,18H2,1-5H3,(H,19,20). The molecule has 0 radical (unpaired) electrons. The Morgan fingerprint density at radius 2 is 1.81 bits per heavy atom. The monoisotopic (exact) mass is 292 g/mol. The highest BCUT2D eigenvalue weighted by Gasteiger charge is 2.23. The Bertz CT molecular complexity index is 458. The minimum absolute atomic E-state index is 0.000602. The fourth-order valence-electron chi connectivity index (χ4n) is 2.28. The number of nitrogens with one attached hydrogen (secondary N) is 1. The summed E-state index contributed by atoms with van der Waals surface area (Å²) in [6.45, 7) is 10.3. The average Bonchev–Trinajstić information content (AvgIpc) is 2.38. The summed E-state index contributed by atoms with van der Waals surface area (Å²) in [6, 6.07) is 7.69. The first-order valence-electron chi connectivity index (χ1n) is 7.62. The maximum Gasteiger partial charge on any atom is 0.225 e. The van der Waals surface area contributed by atoms with Crippen molar-refractivity contribution in [2.75, 3.05) is 6.54 Å². The molecule has 0 aliphatic heterocycles. The molecule has 0 aliphatic carbocycles. The van der Waals surface area contributed by atoms with Gasteiger partial charge in [0, 0.05) is 12.1 Å². The first kappa shape index (κ1) is 17.5. The van der Waals surface area contributed by atoms with Gasteiger partial charge in [-0.1, -0.05) is 32.0 Å². The Morgan fingerprint density at radius 1 is 1.19 bits per heavy atom. The van der Waals surface area contributed by atoms with Crippen LogP contribution in [-0.4, -0.2) is 18.6 Å². The number of rotatable bonds is 7. The van der Waals surface area contributed by atoms with Gasteiger partial charge in [0.15, 0.2) is 0 Å². The summed E-state index contributed by atoms with van der Waals surface area (Å²) < 4.78 is 5.81. The highest BCUT2D eigenvalue weighted by Crippen LogP contribution is 2.26. The molecule has 4 nitrogen and oxygen atoms in total. The molecule has 2 unspecified atom stereocenters. The van der Waals surface area contributed by atoms with Crippen molar-refractivity contribution in [1.82, 2.24) is 5.32 Å². The van der Waals surface area contributed by atoms with E-state index in [1.165, 1.54) is 0 Å². The third-order valence-electron chi connectivity index (χ3n) is 3.50. The number of para-hydroxylation sites is 1. The number of hydrogen-bond acceptors (Lipinski definition) is 3. The minimum atomic E-state index is -0.161. The third kappa shape index (κ3) is 5.05. The summed E-state index contributed by atoms with van der Waals surface area (Å²) >= 11 is 0. The van der Waals surface area contributed by atoms with Crippen molar-refractivity contribution in [3.05, 3.63) is 29.8 Å². The zero-order valence-electron chi connectivity index (χ0n) is 13.7. The summed E-state index contributed by atoms with van der Waals surface area (Å²) in [4.78, 5) is 12.3. The van der Waals surface area contributed by atoms with Gasteiger partial charge in [0.2, 0.25) is 5.91 Å². The van der Waals surface area contributed by atoms with Crippen molar-refractivity contribution in [1.29, 1.82) is 0 Å². The molecule has 0 saturated heterocycles. The van der Waals surface area contributed by atoms with Gasteiger partial charge in [-0.25, -0.2) is 0 Å². The first-order chi connectivity index (χ1) is 9.86. The van der Waals surface area contributed by atoms with Crippen molar-refractivity contribution in [2.45, 2.75) is 46.8 Å². The molecule has 4 heteroatoms. The zero-order chi connectivity index (χ0) is 16.0. The van der Waals surface area contributed by atoms with Crippen LogP contribution < -0.4 is 15.8 Å². The van der Waals surface area contributed by atoms with E-state index < -0.39 is 0 Å². The summed E-state index contributed by atoms with van der Waals surface area (Å²) in [7, 11) is 0. The molecule has 118 valence electrons. The van der Waals surface area contributed by atoms with Crippen LogP contribution in [0.1, 0.15) is 46.2 Å². The van der Waals surface area contributed by atoms with Gasteiger partial charge in [-0.05, 0) is 32.8 Å². The van der Waals surface area contributed by atoms with Gasteiger partial charge >= 0.3 is 0 Å². The molecule has 0 fully saturated rings. The molecule has 1 aromatic rings.